The van der Waals surface area contributed by atoms with Gasteiger partial charge in [-0.3, -0.25) is 9.78 Å². The molecule has 0 unspecified atom stereocenters. The number of anilines is 1. The molecule has 5 heteroatoms. The highest BCUT2D eigenvalue weighted by atomic mass is 35.5. The fraction of sp³-hybridized carbons (Fsp3) is 0.0714. The number of hydrogen-bond acceptors (Lipinski definition) is 3. The van der Waals surface area contributed by atoms with Crippen LogP contribution in [0, 0.1) is 11.3 Å². The van der Waals surface area contributed by atoms with Crippen LogP contribution in [0.4, 0.5) is 5.69 Å². The Labute approximate surface area is 115 Å². The molecule has 4 nitrogen and oxygen atoms in total. The Morgan fingerprint density at radius 3 is 2.68 bits per heavy atom. The number of pyridine rings is 1. The van der Waals surface area contributed by atoms with Crippen molar-refractivity contribution in [2.24, 2.45) is 0 Å². The van der Waals surface area contributed by atoms with E-state index in [9.17, 15) is 4.79 Å². The van der Waals surface area contributed by atoms with Crippen molar-refractivity contribution in [3.05, 3.63) is 58.9 Å². The number of aromatic nitrogens is 1. The largest absolute Gasteiger partial charge is 0.322 e. The Hall–Kier alpha value is -2.38. The van der Waals surface area contributed by atoms with E-state index < -0.39 is 0 Å². The summed E-state index contributed by atoms with van der Waals surface area (Å²) >= 11 is 5.91. The van der Waals surface area contributed by atoms with Gasteiger partial charge in [0.05, 0.1) is 23.1 Å². The Balaban J connectivity index is 2.11. The number of amides is 1. The topological polar surface area (TPSA) is 65.8 Å². The third-order valence-electron chi connectivity index (χ3n) is 2.51. The Kier molecular flexibility index (Phi) is 4.11. The first kappa shape index (κ1) is 13.1. The van der Waals surface area contributed by atoms with Gasteiger partial charge in [-0.1, -0.05) is 23.7 Å². The number of carbonyl (C=O) groups is 1. The highest BCUT2D eigenvalue weighted by molar-refractivity contribution is 6.34. The van der Waals surface area contributed by atoms with Crippen LogP contribution < -0.4 is 5.32 Å². The predicted molar refractivity (Wildman–Crippen MR) is 73.0 cm³/mol. The van der Waals surface area contributed by atoms with Gasteiger partial charge in [0, 0.05) is 18.1 Å². The smallest absolute Gasteiger partial charge is 0.258 e. The first-order chi connectivity index (χ1) is 9.20. The van der Waals surface area contributed by atoms with Crippen molar-refractivity contribution in [3.63, 3.8) is 0 Å². The third-order valence-corrected chi connectivity index (χ3v) is 2.84. The van der Waals surface area contributed by atoms with E-state index in [4.69, 9.17) is 16.9 Å². The van der Waals surface area contributed by atoms with E-state index in [1.807, 2.05) is 0 Å². The van der Waals surface area contributed by atoms with Crippen LogP contribution in [-0.2, 0) is 6.42 Å². The Bertz CT molecular complexity index is 632. The zero-order valence-electron chi connectivity index (χ0n) is 9.93. The molecular formula is C14H10ClN3O. The SMILES string of the molecule is N#CCc1ccc(NC(=O)c2cnccc2Cl)cc1. The molecule has 94 valence electrons. The summed E-state index contributed by atoms with van der Waals surface area (Å²) < 4.78 is 0. The van der Waals surface area contributed by atoms with Gasteiger partial charge >= 0.3 is 0 Å². The van der Waals surface area contributed by atoms with Gasteiger partial charge in [-0.2, -0.15) is 5.26 Å². The molecule has 19 heavy (non-hydrogen) atoms. The molecule has 1 aromatic carbocycles. The minimum Gasteiger partial charge on any atom is -0.322 e. The minimum absolute atomic E-state index is 0.314. The summed E-state index contributed by atoms with van der Waals surface area (Å²) in [6.45, 7) is 0. The van der Waals surface area contributed by atoms with Crippen molar-refractivity contribution in [2.75, 3.05) is 5.32 Å². The van der Waals surface area contributed by atoms with Crippen LogP contribution in [-0.4, -0.2) is 10.9 Å². The number of halogens is 1. The minimum atomic E-state index is -0.314. The van der Waals surface area contributed by atoms with Crippen LogP contribution in [0.3, 0.4) is 0 Å². The van der Waals surface area contributed by atoms with Gasteiger partial charge in [0.2, 0.25) is 0 Å². The molecule has 2 aromatic rings. The maximum absolute atomic E-state index is 12.0. The van der Waals surface area contributed by atoms with Crippen LogP contribution in [0.15, 0.2) is 42.7 Å². The van der Waals surface area contributed by atoms with Crippen LogP contribution in [0.25, 0.3) is 0 Å². The fourth-order valence-corrected chi connectivity index (χ4v) is 1.73. The molecule has 0 spiro atoms. The van der Waals surface area contributed by atoms with Gasteiger partial charge in [0.1, 0.15) is 0 Å². The summed E-state index contributed by atoms with van der Waals surface area (Å²) in [5, 5.41) is 11.6. The molecular weight excluding hydrogens is 262 g/mol. The second-order valence-electron chi connectivity index (χ2n) is 3.84. The van der Waals surface area contributed by atoms with Crippen LogP contribution in [0.2, 0.25) is 5.02 Å². The molecule has 0 saturated carbocycles. The van der Waals surface area contributed by atoms with Gasteiger partial charge in [-0.25, -0.2) is 0 Å². The Morgan fingerprint density at radius 1 is 1.32 bits per heavy atom. The van der Waals surface area contributed by atoms with Gasteiger partial charge in [-0.05, 0) is 23.8 Å². The normalized spacial score (nSPS) is 9.68. The Morgan fingerprint density at radius 2 is 2.05 bits per heavy atom. The van der Waals surface area contributed by atoms with Crippen molar-refractivity contribution in [1.29, 1.82) is 5.26 Å². The molecule has 0 aliphatic heterocycles. The molecule has 1 aromatic heterocycles. The number of nitrogens with one attached hydrogen (secondary N) is 1. The molecule has 1 heterocycles. The molecule has 1 N–H and O–H groups in total. The quantitative estimate of drug-likeness (QED) is 0.933. The monoisotopic (exact) mass is 271 g/mol. The lowest BCUT2D eigenvalue weighted by Gasteiger charge is -2.06. The highest BCUT2D eigenvalue weighted by Gasteiger charge is 2.10. The zero-order chi connectivity index (χ0) is 13.7. The van der Waals surface area contributed by atoms with Crippen molar-refractivity contribution in [1.82, 2.24) is 4.98 Å². The van der Waals surface area contributed by atoms with E-state index in [1.54, 1.807) is 30.3 Å². The van der Waals surface area contributed by atoms with Gasteiger partial charge in [0.15, 0.2) is 0 Å². The van der Waals surface area contributed by atoms with E-state index >= 15 is 0 Å². The lowest BCUT2D eigenvalue weighted by atomic mass is 10.1. The lowest BCUT2D eigenvalue weighted by Crippen LogP contribution is -2.12. The molecule has 2 rings (SSSR count). The first-order valence-corrected chi connectivity index (χ1v) is 5.95. The summed E-state index contributed by atoms with van der Waals surface area (Å²) in [6.07, 6.45) is 3.29. The van der Waals surface area contributed by atoms with E-state index in [2.05, 4.69) is 16.4 Å². The second kappa shape index (κ2) is 5.98. The molecule has 0 saturated heterocycles. The zero-order valence-corrected chi connectivity index (χ0v) is 10.7. The molecule has 0 aliphatic carbocycles. The predicted octanol–water partition coefficient (Wildman–Crippen LogP) is 3.05. The average molecular weight is 272 g/mol. The van der Waals surface area contributed by atoms with E-state index in [0.29, 0.717) is 22.7 Å². The van der Waals surface area contributed by atoms with Gasteiger partial charge in [0.25, 0.3) is 5.91 Å². The number of nitriles is 1. The van der Waals surface area contributed by atoms with Crippen molar-refractivity contribution >= 4 is 23.2 Å². The standard InChI is InChI=1S/C14H10ClN3O/c15-13-6-8-17-9-12(13)14(19)18-11-3-1-10(2-4-11)5-7-16/h1-4,6,8-9H,5H2,(H,18,19). The van der Waals surface area contributed by atoms with Crippen LogP contribution in [0.5, 0.6) is 0 Å². The number of hydrogen-bond donors (Lipinski definition) is 1. The number of benzene rings is 1. The molecule has 0 atom stereocenters. The first-order valence-electron chi connectivity index (χ1n) is 5.57. The summed E-state index contributed by atoms with van der Waals surface area (Å²) in [4.78, 5) is 15.8. The highest BCUT2D eigenvalue weighted by Crippen LogP contribution is 2.16. The van der Waals surface area contributed by atoms with Crippen molar-refractivity contribution in [3.8, 4) is 6.07 Å². The average Bonchev–Trinajstić information content (AvgIpc) is 2.42. The summed E-state index contributed by atoms with van der Waals surface area (Å²) in [5.74, 6) is -0.314. The fourth-order valence-electron chi connectivity index (χ4n) is 1.54. The lowest BCUT2D eigenvalue weighted by molar-refractivity contribution is 0.102. The molecule has 0 bridgehead atoms. The summed E-state index contributed by atoms with van der Waals surface area (Å²) in [6, 6.07) is 10.7. The molecule has 0 radical (unpaired) electrons. The van der Waals surface area contributed by atoms with E-state index in [-0.39, 0.29) is 5.91 Å². The maximum atomic E-state index is 12.0. The second-order valence-corrected chi connectivity index (χ2v) is 4.25. The van der Waals surface area contributed by atoms with Crippen LogP contribution >= 0.6 is 11.6 Å². The van der Waals surface area contributed by atoms with E-state index in [0.717, 1.165) is 5.56 Å². The number of carbonyl (C=O) groups excluding carboxylic acids is 1. The van der Waals surface area contributed by atoms with Crippen LogP contribution in [0.1, 0.15) is 15.9 Å². The van der Waals surface area contributed by atoms with Crippen molar-refractivity contribution in [2.45, 2.75) is 6.42 Å². The van der Waals surface area contributed by atoms with Gasteiger partial charge < -0.3 is 5.32 Å². The van der Waals surface area contributed by atoms with Crippen molar-refractivity contribution < 1.29 is 4.79 Å². The third kappa shape index (κ3) is 3.30. The number of nitrogens with zero attached hydrogens (tertiary/aromatic N) is 2. The molecule has 0 aliphatic rings. The number of rotatable bonds is 3. The van der Waals surface area contributed by atoms with Gasteiger partial charge in [-0.15, -0.1) is 0 Å². The summed E-state index contributed by atoms with van der Waals surface area (Å²) in [7, 11) is 0. The molecule has 0 fully saturated rings. The maximum Gasteiger partial charge on any atom is 0.258 e. The summed E-state index contributed by atoms with van der Waals surface area (Å²) in [5.41, 5.74) is 1.87. The molecule has 1 amide bonds. The van der Waals surface area contributed by atoms with E-state index in [1.165, 1.54) is 12.4 Å².